The zero-order valence-corrected chi connectivity index (χ0v) is 13.1. The lowest BCUT2D eigenvalue weighted by molar-refractivity contribution is -0.126. The second-order valence-corrected chi connectivity index (χ2v) is 7.64. The van der Waals surface area contributed by atoms with E-state index in [1.54, 1.807) is 0 Å². The Bertz CT molecular complexity index is 334. The smallest absolute Gasteiger partial charge is 0.225 e. The minimum absolute atomic E-state index is 0.0236. The van der Waals surface area contributed by atoms with E-state index >= 15 is 0 Å². The van der Waals surface area contributed by atoms with Crippen LogP contribution in [0.15, 0.2) is 0 Å². The van der Waals surface area contributed by atoms with Crippen LogP contribution in [0, 0.1) is 17.3 Å². The summed E-state index contributed by atoms with van der Waals surface area (Å²) in [5.74, 6) is 0.681. The summed E-state index contributed by atoms with van der Waals surface area (Å²) in [6, 6.07) is 0. The summed E-state index contributed by atoms with van der Waals surface area (Å²) in [5, 5.41) is 13.5. The van der Waals surface area contributed by atoms with Crippen molar-refractivity contribution in [1.29, 1.82) is 0 Å². The van der Waals surface area contributed by atoms with E-state index in [1.807, 2.05) is 0 Å². The molecule has 1 heterocycles. The van der Waals surface area contributed by atoms with Crippen molar-refractivity contribution in [1.82, 2.24) is 5.32 Å². The Hall–Kier alpha value is -0.610. The average molecular weight is 283 g/mol. The van der Waals surface area contributed by atoms with E-state index in [9.17, 15) is 9.90 Å². The second kappa shape index (κ2) is 6.02. The van der Waals surface area contributed by atoms with Gasteiger partial charge in [-0.25, -0.2) is 0 Å². The molecule has 1 atom stereocenters. The Morgan fingerprint density at radius 1 is 1.30 bits per heavy atom. The lowest BCUT2D eigenvalue weighted by atomic mass is 9.68. The van der Waals surface area contributed by atoms with Gasteiger partial charge in [-0.3, -0.25) is 4.79 Å². The Balaban J connectivity index is 1.77. The molecule has 0 aromatic heterocycles. The van der Waals surface area contributed by atoms with E-state index < -0.39 is 5.60 Å². The van der Waals surface area contributed by atoms with Gasteiger partial charge in [-0.1, -0.05) is 20.8 Å². The summed E-state index contributed by atoms with van der Waals surface area (Å²) in [7, 11) is 0. The van der Waals surface area contributed by atoms with Crippen molar-refractivity contribution in [2.45, 2.75) is 58.5 Å². The van der Waals surface area contributed by atoms with Crippen LogP contribution in [0.25, 0.3) is 0 Å². The SMILES string of the molecule is CC(C)(C)C1CCC(O)(CNC(=O)[C@@H]2CCOC2)CC1. The van der Waals surface area contributed by atoms with Gasteiger partial charge in [0, 0.05) is 13.2 Å². The highest BCUT2D eigenvalue weighted by molar-refractivity contribution is 5.79. The number of ether oxygens (including phenoxy) is 1. The molecule has 0 unspecified atom stereocenters. The number of nitrogens with one attached hydrogen (secondary N) is 1. The van der Waals surface area contributed by atoms with Crippen LogP contribution in [0.1, 0.15) is 52.9 Å². The average Bonchev–Trinajstić information content (AvgIpc) is 2.89. The zero-order valence-electron chi connectivity index (χ0n) is 13.1. The minimum atomic E-state index is -0.711. The number of hydrogen-bond donors (Lipinski definition) is 2. The van der Waals surface area contributed by atoms with Crippen molar-refractivity contribution in [3.05, 3.63) is 0 Å². The molecule has 116 valence electrons. The van der Waals surface area contributed by atoms with E-state index in [2.05, 4.69) is 26.1 Å². The van der Waals surface area contributed by atoms with Gasteiger partial charge in [-0.05, 0) is 43.4 Å². The van der Waals surface area contributed by atoms with Gasteiger partial charge >= 0.3 is 0 Å². The number of hydrogen-bond acceptors (Lipinski definition) is 3. The topological polar surface area (TPSA) is 58.6 Å². The van der Waals surface area contributed by atoms with E-state index in [0.717, 1.165) is 32.1 Å². The number of amides is 1. The number of carbonyl (C=O) groups excluding carboxylic acids is 1. The molecular formula is C16H29NO3. The number of aliphatic hydroxyl groups is 1. The van der Waals surface area contributed by atoms with Crippen molar-refractivity contribution >= 4 is 5.91 Å². The third-order valence-corrected chi connectivity index (χ3v) is 5.03. The highest BCUT2D eigenvalue weighted by Gasteiger charge is 2.37. The molecule has 0 radical (unpaired) electrons. The van der Waals surface area contributed by atoms with Crippen LogP contribution < -0.4 is 5.32 Å². The molecule has 0 aromatic carbocycles. The van der Waals surface area contributed by atoms with E-state index in [0.29, 0.717) is 31.1 Å². The van der Waals surface area contributed by atoms with Crippen molar-refractivity contribution in [2.24, 2.45) is 17.3 Å². The summed E-state index contributed by atoms with van der Waals surface area (Å²) >= 11 is 0. The maximum absolute atomic E-state index is 12.0. The summed E-state index contributed by atoms with van der Waals surface area (Å²) in [4.78, 5) is 12.0. The van der Waals surface area contributed by atoms with Gasteiger partial charge in [0.15, 0.2) is 0 Å². The summed E-state index contributed by atoms with van der Waals surface area (Å²) in [5.41, 5.74) is -0.400. The molecule has 2 aliphatic rings. The first-order chi connectivity index (χ1) is 9.30. The second-order valence-electron chi connectivity index (χ2n) is 7.64. The highest BCUT2D eigenvalue weighted by atomic mass is 16.5. The van der Waals surface area contributed by atoms with Gasteiger partial charge in [0.05, 0.1) is 18.1 Å². The first kappa shape index (κ1) is 15.8. The Kier molecular flexibility index (Phi) is 4.75. The fraction of sp³-hybridized carbons (Fsp3) is 0.938. The Morgan fingerprint density at radius 3 is 2.45 bits per heavy atom. The molecule has 0 bridgehead atoms. The van der Waals surface area contributed by atoms with Crippen molar-refractivity contribution in [2.75, 3.05) is 19.8 Å². The molecular weight excluding hydrogens is 254 g/mol. The van der Waals surface area contributed by atoms with Crippen LogP contribution in [0.3, 0.4) is 0 Å². The summed E-state index contributed by atoms with van der Waals surface area (Å²) < 4.78 is 5.22. The Morgan fingerprint density at radius 2 is 1.95 bits per heavy atom. The van der Waals surface area contributed by atoms with Crippen LogP contribution >= 0.6 is 0 Å². The molecule has 2 rings (SSSR count). The van der Waals surface area contributed by atoms with Gasteiger partial charge in [0.2, 0.25) is 5.91 Å². The molecule has 0 spiro atoms. The molecule has 0 aromatic rings. The van der Waals surface area contributed by atoms with Crippen molar-refractivity contribution < 1.29 is 14.6 Å². The van der Waals surface area contributed by atoms with Crippen LogP contribution in [-0.4, -0.2) is 36.4 Å². The number of rotatable bonds is 3. The minimum Gasteiger partial charge on any atom is -0.388 e. The van der Waals surface area contributed by atoms with Gasteiger partial charge in [0.25, 0.3) is 0 Å². The third-order valence-electron chi connectivity index (χ3n) is 5.03. The van der Waals surface area contributed by atoms with Crippen LogP contribution in [0.4, 0.5) is 0 Å². The molecule has 1 amide bonds. The fourth-order valence-corrected chi connectivity index (χ4v) is 3.34. The normalized spacial score (nSPS) is 35.0. The quantitative estimate of drug-likeness (QED) is 0.834. The van der Waals surface area contributed by atoms with Crippen molar-refractivity contribution in [3.63, 3.8) is 0 Å². The summed E-state index contributed by atoms with van der Waals surface area (Å²) in [6.45, 7) is 8.39. The molecule has 1 aliphatic carbocycles. The molecule has 20 heavy (non-hydrogen) atoms. The molecule has 2 N–H and O–H groups in total. The molecule has 1 saturated carbocycles. The van der Waals surface area contributed by atoms with Gasteiger partial charge in [-0.2, -0.15) is 0 Å². The molecule has 1 aliphatic heterocycles. The maximum atomic E-state index is 12.0. The first-order valence-corrected chi connectivity index (χ1v) is 7.88. The first-order valence-electron chi connectivity index (χ1n) is 7.88. The predicted molar refractivity (Wildman–Crippen MR) is 78.3 cm³/mol. The van der Waals surface area contributed by atoms with E-state index in [-0.39, 0.29) is 11.8 Å². The monoisotopic (exact) mass is 283 g/mol. The Labute approximate surface area is 122 Å². The summed E-state index contributed by atoms with van der Waals surface area (Å²) in [6.07, 6.45) is 4.47. The highest BCUT2D eigenvalue weighted by Crippen LogP contribution is 2.41. The van der Waals surface area contributed by atoms with Gasteiger partial charge in [0.1, 0.15) is 0 Å². The molecule has 2 fully saturated rings. The van der Waals surface area contributed by atoms with Gasteiger partial charge < -0.3 is 15.2 Å². The molecule has 4 nitrogen and oxygen atoms in total. The van der Waals surface area contributed by atoms with E-state index in [4.69, 9.17) is 4.74 Å². The molecule has 1 saturated heterocycles. The standard InChI is InChI=1S/C16H29NO3/c1-15(2,3)13-4-7-16(19,8-5-13)11-17-14(18)12-6-9-20-10-12/h12-13,19H,4-11H2,1-3H3,(H,17,18)/t12-,13?,16?/m1/s1. The number of carbonyl (C=O) groups is 1. The maximum Gasteiger partial charge on any atom is 0.225 e. The van der Waals surface area contributed by atoms with Crippen LogP contribution in [0.2, 0.25) is 0 Å². The fourth-order valence-electron chi connectivity index (χ4n) is 3.34. The zero-order chi connectivity index (χ0) is 14.8. The third kappa shape index (κ3) is 3.95. The van der Waals surface area contributed by atoms with Crippen LogP contribution in [0.5, 0.6) is 0 Å². The largest absolute Gasteiger partial charge is 0.388 e. The predicted octanol–water partition coefficient (Wildman–Crippen LogP) is 2.11. The van der Waals surface area contributed by atoms with Crippen molar-refractivity contribution in [3.8, 4) is 0 Å². The molecule has 4 heteroatoms. The van der Waals surface area contributed by atoms with Gasteiger partial charge in [-0.15, -0.1) is 0 Å². The lowest BCUT2D eigenvalue weighted by Crippen LogP contribution is -2.47. The van der Waals surface area contributed by atoms with Crippen LogP contribution in [-0.2, 0) is 9.53 Å². The van der Waals surface area contributed by atoms with E-state index in [1.165, 1.54) is 0 Å². The lowest BCUT2D eigenvalue weighted by Gasteiger charge is -2.41.